The molecular formula is C17H15N3OS. The predicted octanol–water partition coefficient (Wildman–Crippen LogP) is 3.92. The summed E-state index contributed by atoms with van der Waals surface area (Å²) in [5.74, 6) is 0.752. The number of nitrogens with one attached hydrogen (secondary N) is 2. The Labute approximate surface area is 132 Å². The zero-order valence-electron chi connectivity index (χ0n) is 12.1. The highest BCUT2D eigenvalue weighted by Gasteiger charge is 2.33. The summed E-state index contributed by atoms with van der Waals surface area (Å²) < 4.78 is 0. The molecule has 1 atom stereocenters. The largest absolute Gasteiger partial charge is 0.309 e. The number of benzene rings is 1. The van der Waals surface area contributed by atoms with Crippen LogP contribution in [0, 0.1) is 6.92 Å². The van der Waals surface area contributed by atoms with Gasteiger partial charge >= 0.3 is 0 Å². The number of carbonyl (C=O) groups excluding carboxylic acids is 1. The number of thiophene rings is 1. The van der Waals surface area contributed by atoms with Gasteiger partial charge in [-0.15, -0.1) is 11.3 Å². The predicted molar refractivity (Wildman–Crippen MR) is 88.2 cm³/mol. The first-order chi connectivity index (χ1) is 10.7. The first kappa shape index (κ1) is 13.3. The average Bonchev–Trinajstić information content (AvgIpc) is 3.13. The second-order valence-electron chi connectivity index (χ2n) is 5.50. The van der Waals surface area contributed by atoms with Crippen LogP contribution in [0.4, 0.5) is 5.82 Å². The van der Waals surface area contributed by atoms with Crippen LogP contribution in [-0.4, -0.2) is 16.1 Å². The average molecular weight is 309 g/mol. The van der Waals surface area contributed by atoms with Gasteiger partial charge in [-0.2, -0.15) is 5.10 Å². The number of hydrogen-bond acceptors (Lipinski definition) is 3. The number of hydrogen-bond donors (Lipinski definition) is 2. The molecule has 3 aromatic rings. The molecule has 4 nitrogen and oxygen atoms in total. The number of carbonyl (C=O) groups is 1. The molecule has 0 fully saturated rings. The zero-order valence-corrected chi connectivity index (χ0v) is 12.9. The Hall–Kier alpha value is -2.40. The number of anilines is 1. The van der Waals surface area contributed by atoms with Crippen molar-refractivity contribution in [2.75, 3.05) is 5.32 Å². The second kappa shape index (κ2) is 5.10. The normalized spacial score (nSPS) is 17.1. The quantitative estimate of drug-likeness (QED) is 0.754. The van der Waals surface area contributed by atoms with E-state index >= 15 is 0 Å². The number of aromatic nitrogens is 2. The van der Waals surface area contributed by atoms with Gasteiger partial charge in [-0.05, 0) is 29.5 Å². The molecule has 1 aliphatic rings. The summed E-state index contributed by atoms with van der Waals surface area (Å²) in [6.07, 6.45) is 0.466. The van der Waals surface area contributed by atoms with Gasteiger partial charge < -0.3 is 5.32 Å². The lowest BCUT2D eigenvalue weighted by Gasteiger charge is -2.23. The summed E-state index contributed by atoms with van der Waals surface area (Å²) >= 11 is 1.71. The molecule has 1 unspecified atom stereocenters. The molecule has 0 aliphatic carbocycles. The minimum atomic E-state index is 0.0245. The highest BCUT2D eigenvalue weighted by Crippen LogP contribution is 2.44. The van der Waals surface area contributed by atoms with Crippen molar-refractivity contribution in [3.8, 4) is 11.3 Å². The van der Waals surface area contributed by atoms with Gasteiger partial charge in [-0.3, -0.25) is 9.89 Å². The molecule has 3 heterocycles. The maximum absolute atomic E-state index is 12.0. The molecule has 1 amide bonds. The standard InChI is InChI=1S/C17H15N3OS/c1-10-7-8-22-16(10)12-9-13(21)18-17-14(12)15(19-20-17)11-5-3-2-4-6-11/h2-8,12H,9H2,1H3,(H2,18,19,20,21). The highest BCUT2D eigenvalue weighted by atomic mass is 32.1. The van der Waals surface area contributed by atoms with E-state index in [9.17, 15) is 4.79 Å². The Bertz CT molecular complexity index is 835. The number of H-pyrrole nitrogens is 1. The van der Waals surface area contributed by atoms with Crippen LogP contribution in [0.5, 0.6) is 0 Å². The van der Waals surface area contributed by atoms with Crippen LogP contribution < -0.4 is 5.32 Å². The number of aryl methyl sites for hydroxylation is 1. The molecule has 1 aromatic carbocycles. The zero-order chi connectivity index (χ0) is 15.1. The monoisotopic (exact) mass is 309 g/mol. The summed E-state index contributed by atoms with van der Waals surface area (Å²) in [6.45, 7) is 2.10. The molecule has 1 aliphatic heterocycles. The minimum Gasteiger partial charge on any atom is -0.309 e. The minimum absolute atomic E-state index is 0.0245. The van der Waals surface area contributed by atoms with Gasteiger partial charge in [0.1, 0.15) is 0 Å². The Morgan fingerprint density at radius 2 is 2.05 bits per heavy atom. The van der Waals surface area contributed by atoms with E-state index in [2.05, 4.69) is 46.0 Å². The molecule has 0 radical (unpaired) electrons. The van der Waals surface area contributed by atoms with Gasteiger partial charge in [0.25, 0.3) is 0 Å². The smallest absolute Gasteiger partial charge is 0.226 e. The molecule has 110 valence electrons. The van der Waals surface area contributed by atoms with Crippen LogP contribution >= 0.6 is 11.3 Å². The van der Waals surface area contributed by atoms with Crippen LogP contribution in [0.15, 0.2) is 41.8 Å². The molecule has 22 heavy (non-hydrogen) atoms. The molecule has 2 aromatic heterocycles. The topological polar surface area (TPSA) is 57.8 Å². The van der Waals surface area contributed by atoms with Gasteiger partial charge in [-0.1, -0.05) is 30.3 Å². The summed E-state index contributed by atoms with van der Waals surface area (Å²) in [5.41, 5.74) is 4.41. The van der Waals surface area contributed by atoms with E-state index in [1.165, 1.54) is 10.4 Å². The maximum Gasteiger partial charge on any atom is 0.226 e. The third-order valence-corrected chi connectivity index (χ3v) is 5.21. The van der Waals surface area contributed by atoms with Gasteiger partial charge in [0.15, 0.2) is 5.82 Å². The molecule has 4 rings (SSSR count). The van der Waals surface area contributed by atoms with Gasteiger partial charge in [0.2, 0.25) is 5.91 Å². The Balaban J connectivity index is 1.90. The van der Waals surface area contributed by atoms with Crippen molar-refractivity contribution in [2.45, 2.75) is 19.3 Å². The molecule has 0 saturated carbocycles. The third-order valence-electron chi connectivity index (χ3n) is 4.08. The van der Waals surface area contributed by atoms with E-state index in [1.807, 2.05) is 18.2 Å². The van der Waals surface area contributed by atoms with Crippen molar-refractivity contribution >= 4 is 23.1 Å². The van der Waals surface area contributed by atoms with Crippen molar-refractivity contribution in [3.05, 3.63) is 57.8 Å². The van der Waals surface area contributed by atoms with Crippen molar-refractivity contribution in [3.63, 3.8) is 0 Å². The summed E-state index contributed by atoms with van der Waals surface area (Å²) in [6, 6.07) is 12.2. The number of rotatable bonds is 2. The number of amides is 1. The summed E-state index contributed by atoms with van der Waals surface area (Å²) in [4.78, 5) is 13.3. The van der Waals surface area contributed by atoms with Gasteiger partial charge in [0, 0.05) is 22.8 Å². The number of fused-ring (bicyclic) bond motifs is 1. The van der Waals surface area contributed by atoms with Crippen LogP contribution in [-0.2, 0) is 4.79 Å². The van der Waals surface area contributed by atoms with Gasteiger partial charge in [0.05, 0.1) is 5.69 Å². The van der Waals surface area contributed by atoms with Crippen molar-refractivity contribution in [1.29, 1.82) is 0 Å². The van der Waals surface area contributed by atoms with E-state index in [0.717, 1.165) is 16.8 Å². The molecule has 5 heteroatoms. The lowest BCUT2D eigenvalue weighted by Crippen LogP contribution is -2.23. The van der Waals surface area contributed by atoms with E-state index in [0.29, 0.717) is 12.2 Å². The Kier molecular flexibility index (Phi) is 3.08. The lowest BCUT2D eigenvalue weighted by molar-refractivity contribution is -0.116. The maximum atomic E-state index is 12.0. The number of nitrogens with zero attached hydrogens (tertiary/aromatic N) is 1. The summed E-state index contributed by atoms with van der Waals surface area (Å²) in [5, 5.41) is 12.4. The van der Waals surface area contributed by atoms with Crippen LogP contribution in [0.1, 0.15) is 28.3 Å². The van der Waals surface area contributed by atoms with Crippen molar-refractivity contribution < 1.29 is 4.79 Å². The first-order valence-electron chi connectivity index (χ1n) is 7.21. The van der Waals surface area contributed by atoms with Gasteiger partial charge in [-0.25, -0.2) is 0 Å². The number of aromatic amines is 1. The molecule has 0 saturated heterocycles. The lowest BCUT2D eigenvalue weighted by atomic mass is 9.87. The van der Waals surface area contributed by atoms with Crippen LogP contribution in [0.2, 0.25) is 0 Å². The van der Waals surface area contributed by atoms with E-state index in [-0.39, 0.29) is 11.8 Å². The Morgan fingerprint density at radius 3 is 2.77 bits per heavy atom. The van der Waals surface area contributed by atoms with Crippen molar-refractivity contribution in [2.24, 2.45) is 0 Å². The van der Waals surface area contributed by atoms with E-state index in [4.69, 9.17) is 0 Å². The molecule has 0 bridgehead atoms. The Morgan fingerprint density at radius 1 is 1.23 bits per heavy atom. The fourth-order valence-corrected chi connectivity index (χ4v) is 4.08. The highest BCUT2D eigenvalue weighted by molar-refractivity contribution is 7.10. The van der Waals surface area contributed by atoms with Crippen LogP contribution in [0.25, 0.3) is 11.3 Å². The molecule has 0 spiro atoms. The molecule has 2 N–H and O–H groups in total. The van der Waals surface area contributed by atoms with E-state index in [1.54, 1.807) is 11.3 Å². The van der Waals surface area contributed by atoms with E-state index < -0.39 is 0 Å². The van der Waals surface area contributed by atoms with Crippen molar-refractivity contribution in [1.82, 2.24) is 10.2 Å². The summed E-state index contributed by atoms with van der Waals surface area (Å²) in [7, 11) is 0. The first-order valence-corrected chi connectivity index (χ1v) is 8.09. The fourth-order valence-electron chi connectivity index (χ4n) is 3.05. The second-order valence-corrected chi connectivity index (χ2v) is 6.45. The SMILES string of the molecule is Cc1ccsc1C1CC(=O)Nc2n[nH]c(-c3ccccc3)c21. The fraction of sp³-hybridized carbons (Fsp3) is 0.176. The third kappa shape index (κ3) is 2.05. The molecular weight excluding hydrogens is 294 g/mol. The van der Waals surface area contributed by atoms with Crippen LogP contribution in [0.3, 0.4) is 0 Å².